The van der Waals surface area contributed by atoms with Gasteiger partial charge < -0.3 is 21.1 Å². The predicted molar refractivity (Wildman–Crippen MR) is 97.7 cm³/mol. The number of carbonyl (C=O) groups excluding carboxylic acids is 2. The predicted octanol–water partition coefficient (Wildman–Crippen LogP) is 3.42. The number of ether oxygens (including phenoxy) is 1. The zero-order valence-electron chi connectivity index (χ0n) is 14.6. The van der Waals surface area contributed by atoms with Crippen LogP contribution < -0.4 is 21.1 Å². The maximum Gasteiger partial charge on any atom is 0.319 e. The number of primary amides is 1. The molecule has 0 aliphatic carbocycles. The van der Waals surface area contributed by atoms with E-state index in [1.54, 1.807) is 38.1 Å². The molecular weight excluding hydrogens is 318 g/mol. The summed E-state index contributed by atoms with van der Waals surface area (Å²) in [6, 6.07) is 14.4. The summed E-state index contributed by atoms with van der Waals surface area (Å²) in [6.07, 6.45) is 0. The molecule has 3 amide bonds. The molecule has 0 aromatic heterocycles. The summed E-state index contributed by atoms with van der Waals surface area (Å²) in [6.45, 7) is 5.52. The number of urea groups is 1. The van der Waals surface area contributed by atoms with E-state index in [-0.39, 0.29) is 6.54 Å². The minimum atomic E-state index is -0.803. The zero-order valence-corrected chi connectivity index (χ0v) is 14.6. The quantitative estimate of drug-likeness (QED) is 0.751. The smallest absolute Gasteiger partial charge is 0.319 e. The molecule has 4 N–H and O–H groups in total. The minimum Gasteiger partial charge on any atom is -0.457 e. The maximum atomic E-state index is 11.9. The Morgan fingerprint density at radius 2 is 1.52 bits per heavy atom. The maximum absolute atomic E-state index is 11.9. The van der Waals surface area contributed by atoms with Crippen molar-refractivity contribution in [3.63, 3.8) is 0 Å². The fourth-order valence-corrected chi connectivity index (χ4v) is 1.91. The molecule has 0 spiro atoms. The van der Waals surface area contributed by atoms with E-state index < -0.39 is 17.4 Å². The monoisotopic (exact) mass is 341 g/mol. The Balaban J connectivity index is 1.88. The summed E-state index contributed by atoms with van der Waals surface area (Å²) in [4.78, 5) is 23.1. The topological polar surface area (TPSA) is 93.4 Å². The molecule has 0 atom stereocenters. The van der Waals surface area contributed by atoms with Crippen molar-refractivity contribution < 1.29 is 14.3 Å². The highest BCUT2D eigenvalue weighted by Crippen LogP contribution is 2.23. The second kappa shape index (κ2) is 7.70. The molecule has 25 heavy (non-hydrogen) atoms. The summed E-state index contributed by atoms with van der Waals surface area (Å²) >= 11 is 0. The normalized spacial score (nSPS) is 10.8. The Hall–Kier alpha value is -3.02. The second-order valence-corrected chi connectivity index (χ2v) is 6.50. The fraction of sp³-hybridized carbons (Fsp3) is 0.263. The van der Waals surface area contributed by atoms with Crippen LogP contribution in [-0.2, 0) is 4.79 Å². The van der Waals surface area contributed by atoms with Crippen LogP contribution in [0.4, 0.5) is 10.5 Å². The summed E-state index contributed by atoms with van der Waals surface area (Å²) in [5.41, 5.74) is 6.25. The molecule has 0 fully saturated rings. The Kier molecular flexibility index (Phi) is 5.64. The van der Waals surface area contributed by atoms with Crippen molar-refractivity contribution in [2.75, 3.05) is 11.9 Å². The molecule has 0 heterocycles. The van der Waals surface area contributed by atoms with Gasteiger partial charge in [0.2, 0.25) is 5.91 Å². The third-order valence-electron chi connectivity index (χ3n) is 3.73. The lowest BCUT2D eigenvalue weighted by Crippen LogP contribution is -2.43. The Bertz CT molecular complexity index is 738. The number of nitrogens with one attached hydrogen (secondary N) is 2. The molecule has 0 aliphatic rings. The molecule has 2 rings (SSSR count). The van der Waals surface area contributed by atoms with Crippen LogP contribution in [-0.4, -0.2) is 18.5 Å². The number of aryl methyl sites for hydroxylation is 1. The van der Waals surface area contributed by atoms with Crippen LogP contribution in [0.15, 0.2) is 48.5 Å². The molecule has 132 valence electrons. The minimum absolute atomic E-state index is 0.156. The van der Waals surface area contributed by atoms with Gasteiger partial charge in [-0.25, -0.2) is 4.79 Å². The van der Waals surface area contributed by atoms with Gasteiger partial charge in [-0.1, -0.05) is 17.7 Å². The Morgan fingerprint density at radius 1 is 1.00 bits per heavy atom. The SMILES string of the molecule is Cc1ccc(Oc2ccc(NC(=O)NCC(C)(C)C(N)=O)cc2)cc1. The number of nitrogens with two attached hydrogens (primary N) is 1. The molecule has 6 nitrogen and oxygen atoms in total. The lowest BCUT2D eigenvalue weighted by molar-refractivity contribution is -0.125. The van der Waals surface area contributed by atoms with Gasteiger partial charge >= 0.3 is 6.03 Å². The second-order valence-electron chi connectivity index (χ2n) is 6.50. The molecule has 0 radical (unpaired) electrons. The van der Waals surface area contributed by atoms with Crippen LogP contribution in [0.1, 0.15) is 19.4 Å². The lowest BCUT2D eigenvalue weighted by Gasteiger charge is -2.20. The number of anilines is 1. The molecule has 2 aromatic carbocycles. The highest BCUT2D eigenvalue weighted by molar-refractivity contribution is 5.90. The van der Waals surface area contributed by atoms with E-state index in [9.17, 15) is 9.59 Å². The summed E-state index contributed by atoms with van der Waals surface area (Å²) < 4.78 is 5.73. The number of hydrogen-bond acceptors (Lipinski definition) is 3. The molecule has 0 aliphatic heterocycles. The highest BCUT2D eigenvalue weighted by Gasteiger charge is 2.25. The van der Waals surface area contributed by atoms with Crippen LogP contribution in [0.5, 0.6) is 11.5 Å². The van der Waals surface area contributed by atoms with Crippen molar-refractivity contribution in [1.82, 2.24) is 5.32 Å². The van der Waals surface area contributed by atoms with Crippen molar-refractivity contribution in [2.45, 2.75) is 20.8 Å². The van der Waals surface area contributed by atoms with Gasteiger partial charge in [0.15, 0.2) is 0 Å². The zero-order chi connectivity index (χ0) is 18.4. The fourth-order valence-electron chi connectivity index (χ4n) is 1.91. The molecule has 2 aromatic rings. The lowest BCUT2D eigenvalue weighted by atomic mass is 9.93. The molecule has 0 saturated carbocycles. The largest absolute Gasteiger partial charge is 0.457 e. The van der Waals surface area contributed by atoms with Gasteiger partial charge in [0.25, 0.3) is 0 Å². The number of amides is 3. The standard InChI is InChI=1S/C19H23N3O3/c1-13-4-8-15(9-5-13)25-16-10-6-14(7-11-16)22-18(24)21-12-19(2,3)17(20)23/h4-11H,12H2,1-3H3,(H2,20,23)(H2,21,22,24). The van der Waals surface area contributed by atoms with Gasteiger partial charge in [-0.2, -0.15) is 0 Å². The molecule has 0 saturated heterocycles. The van der Waals surface area contributed by atoms with E-state index in [4.69, 9.17) is 10.5 Å². The van der Waals surface area contributed by atoms with Crippen LogP contribution in [0.25, 0.3) is 0 Å². The highest BCUT2D eigenvalue weighted by atomic mass is 16.5. The van der Waals surface area contributed by atoms with Gasteiger partial charge in [0, 0.05) is 12.2 Å². The third-order valence-corrected chi connectivity index (χ3v) is 3.73. The summed E-state index contributed by atoms with van der Waals surface area (Å²) in [5, 5.41) is 5.32. The van der Waals surface area contributed by atoms with Crippen LogP contribution in [0.3, 0.4) is 0 Å². The summed E-state index contributed by atoms with van der Waals surface area (Å²) in [7, 11) is 0. The van der Waals surface area contributed by atoms with Gasteiger partial charge in [-0.15, -0.1) is 0 Å². The number of benzene rings is 2. The van der Waals surface area contributed by atoms with E-state index in [2.05, 4.69) is 10.6 Å². The number of rotatable bonds is 6. The van der Waals surface area contributed by atoms with Crippen molar-refractivity contribution in [2.24, 2.45) is 11.1 Å². The van der Waals surface area contributed by atoms with Crippen molar-refractivity contribution >= 4 is 17.6 Å². The van der Waals surface area contributed by atoms with E-state index in [0.717, 1.165) is 11.3 Å². The average molecular weight is 341 g/mol. The van der Waals surface area contributed by atoms with Crippen LogP contribution in [0.2, 0.25) is 0 Å². The van der Waals surface area contributed by atoms with Crippen LogP contribution in [0, 0.1) is 12.3 Å². The summed E-state index contributed by atoms with van der Waals surface area (Å²) in [5.74, 6) is 0.952. The van der Waals surface area contributed by atoms with Crippen LogP contribution >= 0.6 is 0 Å². The van der Waals surface area contributed by atoms with Gasteiger partial charge in [-0.05, 0) is 57.2 Å². The molecular formula is C19H23N3O3. The first-order chi connectivity index (χ1) is 11.8. The van der Waals surface area contributed by atoms with Gasteiger partial charge in [0.05, 0.1) is 5.41 Å². The van der Waals surface area contributed by atoms with E-state index in [1.165, 1.54) is 0 Å². The van der Waals surface area contributed by atoms with Crippen molar-refractivity contribution in [1.29, 1.82) is 0 Å². The first-order valence-corrected chi connectivity index (χ1v) is 7.96. The third kappa shape index (κ3) is 5.53. The molecule has 6 heteroatoms. The number of carbonyl (C=O) groups is 2. The van der Waals surface area contributed by atoms with E-state index in [0.29, 0.717) is 11.4 Å². The molecule has 0 bridgehead atoms. The average Bonchev–Trinajstić information content (AvgIpc) is 2.57. The van der Waals surface area contributed by atoms with E-state index in [1.807, 2.05) is 31.2 Å². The van der Waals surface area contributed by atoms with Gasteiger partial charge in [-0.3, -0.25) is 4.79 Å². The van der Waals surface area contributed by atoms with Crippen molar-refractivity contribution in [3.8, 4) is 11.5 Å². The van der Waals surface area contributed by atoms with E-state index >= 15 is 0 Å². The number of hydrogen-bond donors (Lipinski definition) is 3. The van der Waals surface area contributed by atoms with Crippen molar-refractivity contribution in [3.05, 3.63) is 54.1 Å². The first kappa shape index (κ1) is 18.3. The first-order valence-electron chi connectivity index (χ1n) is 7.96. The van der Waals surface area contributed by atoms with Gasteiger partial charge in [0.1, 0.15) is 11.5 Å². The Labute approximate surface area is 147 Å². The molecule has 0 unspecified atom stereocenters. The Morgan fingerprint density at radius 3 is 2.04 bits per heavy atom.